The molecular weight excluding hydrogens is 318 g/mol. The van der Waals surface area contributed by atoms with Gasteiger partial charge in [0.2, 0.25) is 0 Å². The SMILES string of the molecule is [2H]c1nc(N(C2CN(C(=O)OC(C)(C)C)CCC2C)C([2H])([2H])[2H])c2cc[nH]c2n1. The molecule has 1 fully saturated rings. The Kier molecular flexibility index (Phi) is 3.39. The summed E-state index contributed by atoms with van der Waals surface area (Å²) in [5.41, 5.74) is -0.231. The van der Waals surface area contributed by atoms with Crippen molar-refractivity contribution in [3.8, 4) is 0 Å². The van der Waals surface area contributed by atoms with Gasteiger partial charge in [0.25, 0.3) is 0 Å². The predicted octanol–water partition coefficient (Wildman–Crippen LogP) is 3.04. The molecule has 1 saturated heterocycles. The van der Waals surface area contributed by atoms with Crippen molar-refractivity contribution in [2.75, 3.05) is 25.0 Å². The van der Waals surface area contributed by atoms with E-state index in [9.17, 15) is 4.79 Å². The zero-order valence-corrected chi connectivity index (χ0v) is 15.0. The van der Waals surface area contributed by atoms with Crippen molar-refractivity contribution in [1.82, 2.24) is 19.9 Å². The molecule has 3 rings (SSSR count). The zero-order valence-electron chi connectivity index (χ0n) is 19.0. The Hall–Kier alpha value is -2.31. The first kappa shape index (κ1) is 13.0. The van der Waals surface area contributed by atoms with Gasteiger partial charge in [0.1, 0.15) is 24.7 Å². The molecule has 1 N–H and O–H groups in total. The third kappa shape index (κ3) is 3.70. The van der Waals surface area contributed by atoms with Crippen LogP contribution in [0.4, 0.5) is 10.6 Å². The lowest BCUT2D eigenvalue weighted by Gasteiger charge is -2.42. The van der Waals surface area contributed by atoms with Crippen LogP contribution in [0, 0.1) is 5.92 Å². The number of ether oxygens (including phenoxy) is 1. The third-order valence-electron chi connectivity index (χ3n) is 4.41. The number of hydrogen-bond acceptors (Lipinski definition) is 5. The number of amides is 1. The van der Waals surface area contributed by atoms with E-state index in [0.717, 1.165) is 0 Å². The number of nitrogens with one attached hydrogen (secondary N) is 1. The highest BCUT2D eigenvalue weighted by Crippen LogP contribution is 2.29. The van der Waals surface area contributed by atoms with Crippen LogP contribution in [-0.4, -0.2) is 57.7 Å². The first-order valence-corrected chi connectivity index (χ1v) is 8.46. The summed E-state index contributed by atoms with van der Waals surface area (Å²) >= 11 is 0. The van der Waals surface area contributed by atoms with E-state index in [-0.39, 0.29) is 24.6 Å². The Morgan fingerprint density at radius 2 is 2.32 bits per heavy atom. The van der Waals surface area contributed by atoms with Crippen LogP contribution in [0.1, 0.15) is 39.6 Å². The van der Waals surface area contributed by atoms with E-state index in [1.54, 1.807) is 37.9 Å². The summed E-state index contributed by atoms with van der Waals surface area (Å²) in [5.74, 6) is 0.163. The van der Waals surface area contributed by atoms with Gasteiger partial charge in [-0.3, -0.25) is 0 Å². The van der Waals surface area contributed by atoms with E-state index in [2.05, 4.69) is 15.0 Å². The topological polar surface area (TPSA) is 74.3 Å². The van der Waals surface area contributed by atoms with Crippen LogP contribution in [-0.2, 0) is 4.74 Å². The van der Waals surface area contributed by atoms with Crippen molar-refractivity contribution < 1.29 is 15.0 Å². The lowest BCUT2D eigenvalue weighted by Crippen LogP contribution is -2.53. The average molecular weight is 349 g/mol. The number of carbonyl (C=O) groups excluding carboxylic acids is 1. The molecule has 0 saturated carbocycles. The monoisotopic (exact) mass is 349 g/mol. The second-order valence-electron chi connectivity index (χ2n) is 7.52. The lowest BCUT2D eigenvalue weighted by molar-refractivity contribution is 0.0165. The molecule has 0 aromatic carbocycles. The van der Waals surface area contributed by atoms with Crippen LogP contribution in [0.2, 0.25) is 0 Å². The normalized spacial score (nSPS) is 24.2. The van der Waals surface area contributed by atoms with Gasteiger partial charge in [0.05, 0.1) is 11.4 Å². The highest BCUT2D eigenvalue weighted by molar-refractivity contribution is 5.87. The van der Waals surface area contributed by atoms with Gasteiger partial charge in [-0.2, -0.15) is 0 Å². The number of aromatic amines is 1. The third-order valence-corrected chi connectivity index (χ3v) is 4.41. The van der Waals surface area contributed by atoms with Crippen LogP contribution in [0.5, 0.6) is 0 Å². The highest BCUT2D eigenvalue weighted by atomic mass is 16.6. The lowest BCUT2D eigenvalue weighted by atomic mass is 9.92. The predicted molar refractivity (Wildman–Crippen MR) is 97.7 cm³/mol. The Morgan fingerprint density at radius 1 is 1.52 bits per heavy atom. The Bertz CT molecular complexity index is 892. The fourth-order valence-electron chi connectivity index (χ4n) is 3.03. The number of likely N-dealkylation sites (N-methyl/N-ethyl adjacent to an activating group) is 1. The quantitative estimate of drug-likeness (QED) is 0.902. The molecule has 0 aliphatic carbocycles. The molecule has 0 radical (unpaired) electrons. The van der Waals surface area contributed by atoms with Gasteiger partial charge in [-0.1, -0.05) is 6.92 Å². The van der Waals surface area contributed by atoms with Gasteiger partial charge in [-0.25, -0.2) is 14.8 Å². The molecule has 7 heteroatoms. The van der Waals surface area contributed by atoms with E-state index in [1.165, 1.54) is 4.90 Å². The van der Waals surface area contributed by atoms with Crippen molar-refractivity contribution in [3.63, 3.8) is 0 Å². The minimum atomic E-state index is -2.51. The molecule has 1 amide bonds. The Labute approximate surface area is 154 Å². The van der Waals surface area contributed by atoms with Gasteiger partial charge < -0.3 is 19.5 Å². The Morgan fingerprint density at radius 3 is 3.04 bits per heavy atom. The number of anilines is 1. The van der Waals surface area contributed by atoms with Crippen molar-refractivity contribution >= 4 is 22.9 Å². The molecule has 1 aliphatic rings. The highest BCUT2D eigenvalue weighted by Gasteiger charge is 2.34. The molecular formula is C18H27N5O2. The minimum Gasteiger partial charge on any atom is -0.444 e. The van der Waals surface area contributed by atoms with Crippen molar-refractivity contribution in [2.45, 2.75) is 45.8 Å². The molecule has 3 heterocycles. The zero-order chi connectivity index (χ0) is 21.6. The first-order valence-electron chi connectivity index (χ1n) is 10.5. The molecule has 136 valence electrons. The van der Waals surface area contributed by atoms with Crippen molar-refractivity contribution in [3.05, 3.63) is 18.6 Å². The number of aromatic nitrogens is 3. The molecule has 25 heavy (non-hydrogen) atoms. The Balaban J connectivity index is 2.00. The number of piperidine rings is 1. The number of rotatable bonds is 2. The molecule has 0 bridgehead atoms. The minimum absolute atomic E-state index is 0.00717. The molecule has 2 unspecified atom stereocenters. The van der Waals surface area contributed by atoms with E-state index in [4.69, 9.17) is 10.2 Å². The number of H-pyrrole nitrogens is 1. The summed E-state index contributed by atoms with van der Waals surface area (Å²) in [6.45, 7) is 5.52. The summed E-state index contributed by atoms with van der Waals surface area (Å²) in [4.78, 5) is 26.5. The number of hydrogen-bond donors (Lipinski definition) is 1. The summed E-state index contributed by atoms with van der Waals surface area (Å²) in [6.07, 6.45) is 1.54. The van der Waals surface area contributed by atoms with Gasteiger partial charge in [-0.15, -0.1) is 0 Å². The standard InChI is InChI=1S/C18H27N5O2/c1-12-7-9-23(17(24)25-18(2,3)4)10-14(12)22(5)16-13-6-8-19-15(13)20-11-21-16/h6,8,11-12,14H,7,9-10H2,1-5H3,(H,19,20,21)/i5D3,11D. The van der Waals surface area contributed by atoms with Crippen LogP contribution in [0.3, 0.4) is 0 Å². The maximum atomic E-state index is 12.6. The van der Waals surface area contributed by atoms with E-state index < -0.39 is 24.7 Å². The van der Waals surface area contributed by atoms with E-state index >= 15 is 0 Å². The van der Waals surface area contributed by atoms with Crippen LogP contribution >= 0.6 is 0 Å². The first-order chi connectivity index (χ1) is 13.4. The number of likely N-dealkylation sites (tertiary alicyclic amines) is 1. The smallest absolute Gasteiger partial charge is 0.410 e. The van der Waals surface area contributed by atoms with Gasteiger partial charge in [0, 0.05) is 30.4 Å². The molecule has 1 aliphatic heterocycles. The van der Waals surface area contributed by atoms with Crippen molar-refractivity contribution in [2.24, 2.45) is 5.92 Å². The van der Waals surface area contributed by atoms with Crippen LogP contribution in [0.15, 0.2) is 18.6 Å². The number of fused-ring (bicyclic) bond motifs is 1. The second kappa shape index (κ2) is 6.54. The molecule has 0 spiro atoms. The second-order valence-corrected chi connectivity index (χ2v) is 7.52. The van der Waals surface area contributed by atoms with Crippen LogP contribution in [0.25, 0.3) is 11.0 Å². The van der Waals surface area contributed by atoms with Gasteiger partial charge in [0.15, 0.2) is 0 Å². The van der Waals surface area contributed by atoms with Gasteiger partial charge >= 0.3 is 6.09 Å². The summed E-state index contributed by atoms with van der Waals surface area (Å²) in [6, 6.07) is 1.18. The molecule has 2 aromatic heterocycles. The molecule has 2 aromatic rings. The van der Waals surface area contributed by atoms with Crippen LogP contribution < -0.4 is 4.90 Å². The largest absolute Gasteiger partial charge is 0.444 e. The van der Waals surface area contributed by atoms with E-state index in [0.29, 0.717) is 24.0 Å². The molecule has 2 atom stereocenters. The summed E-state index contributed by atoms with van der Waals surface area (Å²) < 4.78 is 37.8. The number of nitrogens with zero attached hydrogens (tertiary/aromatic N) is 4. The fourth-order valence-corrected chi connectivity index (χ4v) is 3.03. The van der Waals surface area contributed by atoms with Crippen molar-refractivity contribution in [1.29, 1.82) is 0 Å². The maximum Gasteiger partial charge on any atom is 0.410 e. The molecule has 7 nitrogen and oxygen atoms in total. The van der Waals surface area contributed by atoms with E-state index in [1.807, 2.05) is 6.92 Å². The average Bonchev–Trinajstić information content (AvgIpc) is 3.02. The fraction of sp³-hybridized carbons (Fsp3) is 0.611. The maximum absolute atomic E-state index is 12.6. The number of carbonyl (C=O) groups is 1. The summed E-state index contributed by atoms with van der Waals surface area (Å²) in [5, 5.41) is 0.527. The summed E-state index contributed by atoms with van der Waals surface area (Å²) in [7, 11) is 0. The van der Waals surface area contributed by atoms with Gasteiger partial charge in [-0.05, 0) is 39.2 Å².